The topological polar surface area (TPSA) is 0 Å². The van der Waals surface area contributed by atoms with Crippen molar-refractivity contribution in [1.82, 2.24) is 0 Å². The van der Waals surface area contributed by atoms with Crippen molar-refractivity contribution in [2.45, 2.75) is 37.9 Å². The van der Waals surface area contributed by atoms with Crippen molar-refractivity contribution in [3.05, 3.63) is 0 Å². The number of hydrogen-bond donors (Lipinski definition) is 0. The Labute approximate surface area is 56.0 Å². The summed E-state index contributed by atoms with van der Waals surface area (Å²) in [5.41, 5.74) is 0. The quantitative estimate of drug-likeness (QED) is 0.554. The summed E-state index contributed by atoms with van der Waals surface area (Å²) < 4.78 is 0. The molecular weight excluding hydrogens is 116 g/mol. The fourth-order valence-electron chi connectivity index (χ4n) is 1.19. The molecule has 0 nitrogen and oxygen atoms in total. The average molecular weight is 130 g/mol. The van der Waals surface area contributed by atoms with E-state index in [1.165, 1.54) is 31.4 Å². The molecule has 0 radical (unpaired) electrons. The van der Waals surface area contributed by atoms with Gasteiger partial charge in [-0.05, 0) is 25.0 Å². The number of thioether (sulfide) groups is 1. The maximum atomic E-state index is 2.28. The lowest BCUT2D eigenvalue weighted by Crippen LogP contribution is -1.93. The Bertz CT molecular complexity index is 55.4. The van der Waals surface area contributed by atoms with Crippen LogP contribution < -0.4 is 0 Å². The summed E-state index contributed by atoms with van der Waals surface area (Å²) in [6.45, 7) is 2.28. The van der Waals surface area contributed by atoms with E-state index in [0.29, 0.717) is 0 Å². The molecule has 0 aromatic rings. The van der Waals surface area contributed by atoms with E-state index in [1.807, 2.05) is 0 Å². The van der Waals surface area contributed by atoms with E-state index in [4.69, 9.17) is 0 Å². The van der Waals surface area contributed by atoms with Crippen LogP contribution in [0.25, 0.3) is 0 Å². The zero-order chi connectivity index (χ0) is 5.82. The molecule has 1 atom stereocenters. The van der Waals surface area contributed by atoms with Crippen LogP contribution in [0, 0.1) is 0 Å². The van der Waals surface area contributed by atoms with E-state index >= 15 is 0 Å². The Morgan fingerprint density at radius 3 is 3.00 bits per heavy atom. The largest absolute Gasteiger partial charge is 0.159 e. The summed E-state index contributed by atoms with van der Waals surface area (Å²) in [4.78, 5) is 0. The second kappa shape index (κ2) is 3.39. The molecule has 0 aromatic heterocycles. The molecule has 1 aliphatic rings. The van der Waals surface area contributed by atoms with E-state index in [0.717, 1.165) is 5.25 Å². The van der Waals surface area contributed by atoms with Crippen LogP contribution in [0.5, 0.6) is 0 Å². The van der Waals surface area contributed by atoms with Crippen molar-refractivity contribution in [1.29, 1.82) is 0 Å². The summed E-state index contributed by atoms with van der Waals surface area (Å²) >= 11 is 2.17. The van der Waals surface area contributed by atoms with Gasteiger partial charge in [0.15, 0.2) is 0 Å². The second-order valence-corrected chi connectivity index (χ2v) is 3.83. The first-order chi connectivity index (χ1) is 3.93. The molecule has 0 spiro atoms. The highest BCUT2D eigenvalue weighted by Crippen LogP contribution is 2.29. The van der Waals surface area contributed by atoms with Gasteiger partial charge < -0.3 is 0 Å². The van der Waals surface area contributed by atoms with Crippen LogP contribution in [-0.2, 0) is 0 Å². The van der Waals surface area contributed by atoms with Crippen molar-refractivity contribution in [2.24, 2.45) is 0 Å². The Balaban J connectivity index is 2.06. The van der Waals surface area contributed by atoms with Crippen LogP contribution in [0.4, 0.5) is 0 Å². The van der Waals surface area contributed by atoms with E-state index in [9.17, 15) is 0 Å². The minimum absolute atomic E-state index is 1.03. The predicted molar refractivity (Wildman–Crippen MR) is 40.4 cm³/mol. The molecule has 1 rings (SSSR count). The summed E-state index contributed by atoms with van der Waals surface area (Å²) in [5.74, 6) is 1.42. The molecule has 0 aromatic carbocycles. The van der Waals surface area contributed by atoms with Gasteiger partial charge in [-0.25, -0.2) is 0 Å². The van der Waals surface area contributed by atoms with E-state index in [1.54, 1.807) is 0 Å². The highest BCUT2D eigenvalue weighted by atomic mass is 32.2. The van der Waals surface area contributed by atoms with Gasteiger partial charge in [0.2, 0.25) is 0 Å². The molecule has 0 N–H and O–H groups in total. The maximum Gasteiger partial charge on any atom is 0.00472 e. The molecule has 1 saturated heterocycles. The van der Waals surface area contributed by atoms with Gasteiger partial charge in [-0.3, -0.25) is 0 Å². The minimum Gasteiger partial charge on any atom is -0.159 e. The van der Waals surface area contributed by atoms with E-state index in [2.05, 4.69) is 18.7 Å². The van der Waals surface area contributed by atoms with Gasteiger partial charge in [0.25, 0.3) is 0 Å². The summed E-state index contributed by atoms with van der Waals surface area (Å²) in [7, 11) is 0. The SMILES string of the molecule is CCCC1CCCS1. The third-order valence-corrected chi connectivity index (χ3v) is 3.10. The second-order valence-electron chi connectivity index (χ2n) is 2.42. The Morgan fingerprint density at radius 1 is 1.62 bits per heavy atom. The highest BCUT2D eigenvalue weighted by Gasteiger charge is 2.13. The normalized spacial score (nSPS) is 28.9. The maximum absolute atomic E-state index is 2.28. The third-order valence-electron chi connectivity index (χ3n) is 1.63. The van der Waals surface area contributed by atoms with Crippen molar-refractivity contribution in [3.63, 3.8) is 0 Å². The lowest BCUT2D eigenvalue weighted by Gasteiger charge is -2.02. The standard InChI is InChI=1S/C7H14S/c1-2-4-7-5-3-6-8-7/h7H,2-6H2,1H3. The minimum atomic E-state index is 1.03. The van der Waals surface area contributed by atoms with Gasteiger partial charge in [0.1, 0.15) is 0 Å². The molecule has 1 heteroatoms. The first-order valence-electron chi connectivity index (χ1n) is 3.55. The molecular formula is C7H14S. The van der Waals surface area contributed by atoms with E-state index in [-0.39, 0.29) is 0 Å². The smallest absolute Gasteiger partial charge is 0.00472 e. The monoisotopic (exact) mass is 130 g/mol. The molecule has 0 bridgehead atoms. The van der Waals surface area contributed by atoms with Crippen LogP contribution in [-0.4, -0.2) is 11.0 Å². The van der Waals surface area contributed by atoms with Crippen LogP contribution in [0.2, 0.25) is 0 Å². The number of rotatable bonds is 2. The van der Waals surface area contributed by atoms with Crippen molar-refractivity contribution in [3.8, 4) is 0 Å². The molecule has 1 aliphatic heterocycles. The molecule has 8 heavy (non-hydrogen) atoms. The van der Waals surface area contributed by atoms with Crippen molar-refractivity contribution >= 4 is 11.8 Å². The molecule has 0 saturated carbocycles. The van der Waals surface area contributed by atoms with Crippen molar-refractivity contribution < 1.29 is 0 Å². The molecule has 1 fully saturated rings. The Kier molecular flexibility index (Phi) is 2.74. The van der Waals surface area contributed by atoms with Crippen LogP contribution in [0.1, 0.15) is 32.6 Å². The van der Waals surface area contributed by atoms with Gasteiger partial charge in [0, 0.05) is 5.25 Å². The van der Waals surface area contributed by atoms with Gasteiger partial charge in [-0.15, -0.1) is 0 Å². The lowest BCUT2D eigenvalue weighted by atomic mass is 10.2. The first-order valence-corrected chi connectivity index (χ1v) is 4.60. The fourth-order valence-corrected chi connectivity index (χ4v) is 2.60. The number of hydrogen-bond acceptors (Lipinski definition) is 1. The third kappa shape index (κ3) is 1.70. The molecule has 1 heterocycles. The summed E-state index contributed by atoms with van der Waals surface area (Å²) in [5, 5.41) is 1.03. The average Bonchev–Trinajstić information content (AvgIpc) is 2.19. The highest BCUT2D eigenvalue weighted by molar-refractivity contribution is 8.00. The van der Waals surface area contributed by atoms with Crippen LogP contribution in [0.3, 0.4) is 0 Å². The van der Waals surface area contributed by atoms with Crippen molar-refractivity contribution in [2.75, 3.05) is 5.75 Å². The van der Waals surface area contributed by atoms with Crippen LogP contribution >= 0.6 is 11.8 Å². The molecule has 0 aliphatic carbocycles. The summed E-state index contributed by atoms with van der Waals surface area (Å²) in [6, 6.07) is 0. The predicted octanol–water partition coefficient (Wildman–Crippen LogP) is 2.68. The fraction of sp³-hybridized carbons (Fsp3) is 1.00. The van der Waals surface area contributed by atoms with Gasteiger partial charge >= 0.3 is 0 Å². The Morgan fingerprint density at radius 2 is 2.50 bits per heavy atom. The molecule has 48 valence electrons. The molecule has 0 amide bonds. The lowest BCUT2D eigenvalue weighted by molar-refractivity contribution is 0.702. The zero-order valence-corrected chi connectivity index (χ0v) is 6.34. The van der Waals surface area contributed by atoms with E-state index < -0.39 is 0 Å². The zero-order valence-electron chi connectivity index (χ0n) is 5.52. The molecule has 1 unspecified atom stereocenters. The van der Waals surface area contributed by atoms with Gasteiger partial charge in [-0.2, -0.15) is 11.8 Å². The summed E-state index contributed by atoms with van der Waals surface area (Å²) in [6.07, 6.45) is 5.77. The van der Waals surface area contributed by atoms with Gasteiger partial charge in [0.05, 0.1) is 0 Å². The van der Waals surface area contributed by atoms with Gasteiger partial charge in [-0.1, -0.05) is 13.3 Å². The first kappa shape index (κ1) is 6.47. The van der Waals surface area contributed by atoms with Crippen LogP contribution in [0.15, 0.2) is 0 Å². The Hall–Kier alpha value is 0.350.